The fourth-order valence-electron chi connectivity index (χ4n) is 4.70. The lowest BCUT2D eigenvalue weighted by molar-refractivity contribution is -0.134. The first kappa shape index (κ1) is 21.7. The van der Waals surface area contributed by atoms with Crippen LogP contribution in [0.3, 0.4) is 0 Å². The summed E-state index contributed by atoms with van der Waals surface area (Å²) < 4.78 is 15.8. The van der Waals surface area contributed by atoms with Gasteiger partial charge in [-0.3, -0.25) is 34.6 Å². The van der Waals surface area contributed by atoms with E-state index in [2.05, 4.69) is 20.3 Å². The highest BCUT2D eigenvalue weighted by molar-refractivity contribution is 6.27. The Bertz CT molecular complexity index is 1460. The molecule has 1 saturated heterocycles. The van der Waals surface area contributed by atoms with Gasteiger partial charge in [0.15, 0.2) is 6.17 Å². The number of rotatable bonds is 3. The topological polar surface area (TPSA) is 108 Å². The number of aromatic nitrogens is 3. The Hall–Kier alpha value is -4.14. The number of carbonyl (C=O) groups excluding carboxylic acids is 3. The molecule has 0 aliphatic carbocycles. The Morgan fingerprint density at radius 3 is 2.74 bits per heavy atom. The Morgan fingerprint density at radius 2 is 1.94 bits per heavy atom. The minimum Gasteiger partial charge on any atom is -0.360 e. The molecular weight excluding hydrogens is 437 g/mol. The van der Waals surface area contributed by atoms with E-state index in [0.717, 1.165) is 5.52 Å². The third-order valence-electron chi connectivity index (χ3n) is 6.18. The summed E-state index contributed by atoms with van der Waals surface area (Å²) in [6, 6.07) is 6.00. The number of anilines is 1. The van der Waals surface area contributed by atoms with Gasteiger partial charge in [-0.1, -0.05) is 26.0 Å². The molecule has 1 fully saturated rings. The number of H-pyrrole nitrogens is 1. The normalized spacial score (nSPS) is 18.1. The maximum atomic E-state index is 15.8. The lowest BCUT2D eigenvalue weighted by atomic mass is 9.99. The zero-order chi connectivity index (χ0) is 24.0. The van der Waals surface area contributed by atoms with Crippen LogP contribution in [0.25, 0.3) is 21.7 Å². The van der Waals surface area contributed by atoms with Crippen molar-refractivity contribution in [3.05, 3.63) is 65.9 Å². The van der Waals surface area contributed by atoms with E-state index >= 15 is 4.39 Å². The molecule has 6 rings (SSSR count). The van der Waals surface area contributed by atoms with Crippen molar-refractivity contribution in [1.82, 2.24) is 20.3 Å². The molecule has 0 bridgehead atoms. The molecule has 3 aromatic heterocycles. The van der Waals surface area contributed by atoms with Gasteiger partial charge in [0, 0.05) is 46.1 Å². The van der Waals surface area contributed by atoms with Crippen LogP contribution in [0.1, 0.15) is 54.5 Å². The van der Waals surface area contributed by atoms with Gasteiger partial charge < -0.3 is 4.98 Å². The van der Waals surface area contributed by atoms with E-state index in [-0.39, 0.29) is 30.3 Å². The fraction of sp³-hybridized carbons (Fsp3) is 0.240. The molecule has 0 radical (unpaired) electrons. The van der Waals surface area contributed by atoms with Crippen LogP contribution in [0.5, 0.6) is 0 Å². The number of benzene rings is 1. The SMILES string of the molecule is CC.O=C1CCC(N2C(=O)c3cccc4c(C(F)c5c[nH]c6cnccc56)ncc2c34)C(=O)N1. The van der Waals surface area contributed by atoms with E-state index in [1.165, 1.54) is 11.1 Å². The van der Waals surface area contributed by atoms with Crippen molar-refractivity contribution in [2.45, 2.75) is 38.9 Å². The van der Waals surface area contributed by atoms with Gasteiger partial charge in [-0.05, 0) is 18.6 Å². The number of halogens is 1. The molecule has 34 heavy (non-hydrogen) atoms. The number of nitrogens with zero attached hydrogens (tertiary/aromatic N) is 3. The molecule has 2 aliphatic heterocycles. The monoisotopic (exact) mass is 459 g/mol. The molecule has 2 aliphatic rings. The van der Waals surface area contributed by atoms with Crippen LogP contribution in [-0.4, -0.2) is 38.7 Å². The van der Waals surface area contributed by atoms with Crippen LogP contribution in [0.2, 0.25) is 0 Å². The Kier molecular flexibility index (Phi) is 5.31. The number of hydrogen-bond acceptors (Lipinski definition) is 5. The Balaban J connectivity index is 0.00000117. The van der Waals surface area contributed by atoms with Crippen LogP contribution in [0.15, 0.2) is 49.1 Å². The third-order valence-corrected chi connectivity index (χ3v) is 6.18. The molecule has 4 aromatic rings. The maximum absolute atomic E-state index is 15.8. The number of piperidine rings is 1. The largest absolute Gasteiger partial charge is 0.360 e. The van der Waals surface area contributed by atoms with E-state index < -0.39 is 18.1 Å². The van der Waals surface area contributed by atoms with Gasteiger partial charge in [-0.25, -0.2) is 4.39 Å². The second-order valence-electron chi connectivity index (χ2n) is 7.93. The van der Waals surface area contributed by atoms with Gasteiger partial charge in [-0.2, -0.15) is 0 Å². The number of imide groups is 1. The van der Waals surface area contributed by atoms with Crippen molar-refractivity contribution >= 4 is 45.1 Å². The summed E-state index contributed by atoms with van der Waals surface area (Å²) in [6.07, 6.45) is 5.11. The molecule has 1 aromatic carbocycles. The van der Waals surface area contributed by atoms with Crippen LogP contribution in [-0.2, 0) is 9.59 Å². The quantitative estimate of drug-likeness (QED) is 0.451. The van der Waals surface area contributed by atoms with Gasteiger partial charge >= 0.3 is 0 Å². The van der Waals surface area contributed by atoms with Crippen LogP contribution >= 0.6 is 0 Å². The van der Waals surface area contributed by atoms with Crippen molar-refractivity contribution in [2.24, 2.45) is 0 Å². The fourth-order valence-corrected chi connectivity index (χ4v) is 4.70. The van der Waals surface area contributed by atoms with Crippen molar-refractivity contribution in [1.29, 1.82) is 0 Å². The number of aromatic amines is 1. The molecule has 2 unspecified atom stereocenters. The molecule has 172 valence electrons. The van der Waals surface area contributed by atoms with Crippen molar-refractivity contribution in [3.8, 4) is 0 Å². The summed E-state index contributed by atoms with van der Waals surface area (Å²) in [4.78, 5) is 50.1. The average molecular weight is 459 g/mol. The summed E-state index contributed by atoms with van der Waals surface area (Å²) >= 11 is 0. The lowest BCUT2D eigenvalue weighted by Crippen LogP contribution is -2.53. The molecule has 0 saturated carbocycles. The van der Waals surface area contributed by atoms with Crippen molar-refractivity contribution < 1.29 is 18.8 Å². The first-order valence-corrected chi connectivity index (χ1v) is 11.2. The third kappa shape index (κ3) is 3.15. The summed E-state index contributed by atoms with van der Waals surface area (Å²) in [5, 5.41) is 4.08. The van der Waals surface area contributed by atoms with Crippen molar-refractivity contribution in [3.63, 3.8) is 0 Å². The zero-order valence-electron chi connectivity index (χ0n) is 18.6. The van der Waals surface area contributed by atoms with Gasteiger partial charge in [0.2, 0.25) is 11.8 Å². The predicted molar refractivity (Wildman–Crippen MR) is 125 cm³/mol. The van der Waals surface area contributed by atoms with E-state index in [0.29, 0.717) is 33.0 Å². The minimum absolute atomic E-state index is 0.146. The average Bonchev–Trinajstić information content (AvgIpc) is 3.41. The van der Waals surface area contributed by atoms with E-state index in [4.69, 9.17) is 0 Å². The summed E-state index contributed by atoms with van der Waals surface area (Å²) in [7, 11) is 0. The molecular formula is C25H22FN5O3. The Labute approximate surface area is 194 Å². The van der Waals surface area contributed by atoms with Crippen LogP contribution in [0.4, 0.5) is 10.1 Å². The Morgan fingerprint density at radius 1 is 1.12 bits per heavy atom. The number of pyridine rings is 2. The molecule has 2 atom stereocenters. The van der Waals surface area contributed by atoms with Crippen molar-refractivity contribution in [2.75, 3.05) is 4.90 Å². The first-order chi connectivity index (χ1) is 16.5. The molecule has 0 spiro atoms. The summed E-state index contributed by atoms with van der Waals surface area (Å²) in [5.74, 6) is -1.23. The highest BCUT2D eigenvalue weighted by atomic mass is 19.1. The molecule has 9 heteroatoms. The number of alkyl halides is 1. The minimum atomic E-state index is -1.53. The second-order valence-corrected chi connectivity index (χ2v) is 7.93. The van der Waals surface area contributed by atoms with E-state index in [1.54, 1.807) is 42.9 Å². The van der Waals surface area contributed by atoms with E-state index in [1.807, 2.05) is 13.8 Å². The number of fused-ring (bicyclic) bond motifs is 1. The lowest BCUT2D eigenvalue weighted by Gasteiger charge is -2.30. The molecule has 2 N–H and O–H groups in total. The van der Waals surface area contributed by atoms with Gasteiger partial charge in [0.05, 0.1) is 29.3 Å². The smallest absolute Gasteiger partial charge is 0.259 e. The number of carbonyl (C=O) groups is 3. The number of hydrogen-bond donors (Lipinski definition) is 2. The standard InChI is InChI=1S/C23H16FN5O3.C2H6/c24-20(14-8-26-15-9-25-7-6-11(14)15)21-12-2-1-3-13-19(12)17(10-27-21)29(23(13)32)16-4-5-18(30)28-22(16)31;1-2/h1-3,6-10,16,20,26H,4-5H2,(H,28,30,31);1-2H3. The van der Waals surface area contributed by atoms with Gasteiger partial charge in [-0.15, -0.1) is 0 Å². The van der Waals surface area contributed by atoms with Gasteiger partial charge in [0.1, 0.15) is 6.04 Å². The van der Waals surface area contributed by atoms with Crippen LogP contribution < -0.4 is 10.2 Å². The number of nitrogens with one attached hydrogen (secondary N) is 2. The summed E-state index contributed by atoms with van der Waals surface area (Å²) in [6.45, 7) is 4.00. The van der Waals surface area contributed by atoms with E-state index in [9.17, 15) is 14.4 Å². The first-order valence-electron chi connectivity index (χ1n) is 11.2. The second kappa shape index (κ2) is 8.33. The zero-order valence-corrected chi connectivity index (χ0v) is 18.6. The maximum Gasteiger partial charge on any atom is 0.259 e. The molecule has 8 nitrogen and oxygen atoms in total. The highest BCUT2D eigenvalue weighted by Gasteiger charge is 2.41. The summed E-state index contributed by atoms with van der Waals surface area (Å²) in [5.41, 5.74) is 2.19. The molecule has 3 amide bonds. The molecule has 5 heterocycles. The van der Waals surface area contributed by atoms with Crippen LogP contribution in [0, 0.1) is 0 Å². The highest BCUT2D eigenvalue weighted by Crippen LogP contribution is 2.43. The number of amides is 3. The van der Waals surface area contributed by atoms with Gasteiger partial charge in [0.25, 0.3) is 5.91 Å². The predicted octanol–water partition coefficient (Wildman–Crippen LogP) is 3.96.